The summed E-state index contributed by atoms with van der Waals surface area (Å²) in [5.41, 5.74) is 7.56. The lowest BCUT2D eigenvalue weighted by atomic mass is 10.2. The van der Waals surface area contributed by atoms with Gasteiger partial charge in [-0.15, -0.1) is 0 Å². The van der Waals surface area contributed by atoms with Crippen molar-refractivity contribution in [2.45, 2.75) is 12.5 Å². The lowest BCUT2D eigenvalue weighted by molar-refractivity contribution is -0.117. The fraction of sp³-hybridized carbons (Fsp3) is 0.250. The first-order valence-corrected chi connectivity index (χ1v) is 5.75. The molecule has 1 aliphatic rings. The highest BCUT2D eigenvalue weighted by Gasteiger charge is 2.27. The van der Waals surface area contributed by atoms with Gasteiger partial charge in [0.15, 0.2) is 0 Å². The van der Waals surface area contributed by atoms with Crippen LogP contribution in [0.5, 0.6) is 0 Å². The third-order valence-electron chi connectivity index (χ3n) is 3.00. The molecule has 0 radical (unpaired) electrons. The van der Waals surface area contributed by atoms with Crippen LogP contribution in [0.1, 0.15) is 6.42 Å². The van der Waals surface area contributed by atoms with Crippen LogP contribution < -0.4 is 10.6 Å². The Hall–Kier alpha value is -2.21. The van der Waals surface area contributed by atoms with Gasteiger partial charge in [-0.05, 0) is 24.3 Å². The lowest BCUT2D eigenvalue weighted by Crippen LogP contribution is -2.27. The highest BCUT2D eigenvalue weighted by atomic mass is 16.2. The van der Waals surface area contributed by atoms with Gasteiger partial charge in [0, 0.05) is 24.7 Å². The molecule has 0 saturated carbocycles. The average molecular weight is 243 g/mol. The number of nitrogens with zero attached hydrogens (tertiary/aromatic N) is 4. The number of hydrogen-bond donors (Lipinski definition) is 1. The van der Waals surface area contributed by atoms with Crippen LogP contribution in [0.2, 0.25) is 0 Å². The fourth-order valence-corrected chi connectivity index (χ4v) is 2.11. The zero-order chi connectivity index (χ0) is 12.5. The smallest absolute Gasteiger partial charge is 0.228 e. The summed E-state index contributed by atoms with van der Waals surface area (Å²) in [6, 6.07) is 7.54. The second kappa shape index (κ2) is 4.23. The normalized spacial score (nSPS) is 19.5. The molecule has 6 nitrogen and oxygen atoms in total. The van der Waals surface area contributed by atoms with Crippen LogP contribution in [0.15, 0.2) is 36.9 Å². The van der Waals surface area contributed by atoms with Crippen LogP contribution in [0.3, 0.4) is 0 Å². The molecule has 0 aliphatic carbocycles. The van der Waals surface area contributed by atoms with Crippen molar-refractivity contribution in [2.75, 3.05) is 11.4 Å². The highest BCUT2D eigenvalue weighted by molar-refractivity contribution is 5.96. The van der Waals surface area contributed by atoms with E-state index in [1.807, 2.05) is 24.3 Å². The molecule has 1 fully saturated rings. The molecule has 1 amide bonds. The van der Waals surface area contributed by atoms with E-state index in [-0.39, 0.29) is 11.9 Å². The first kappa shape index (κ1) is 10.9. The van der Waals surface area contributed by atoms with Crippen molar-refractivity contribution in [1.29, 1.82) is 0 Å². The van der Waals surface area contributed by atoms with Gasteiger partial charge in [0.05, 0.1) is 5.69 Å². The molecule has 2 N–H and O–H groups in total. The van der Waals surface area contributed by atoms with E-state index in [1.165, 1.54) is 6.33 Å². The van der Waals surface area contributed by atoms with Gasteiger partial charge in [-0.3, -0.25) is 4.79 Å². The van der Waals surface area contributed by atoms with Crippen LogP contribution in [-0.4, -0.2) is 33.3 Å². The molecule has 92 valence electrons. The summed E-state index contributed by atoms with van der Waals surface area (Å²) in [6.07, 6.45) is 3.54. The van der Waals surface area contributed by atoms with Gasteiger partial charge >= 0.3 is 0 Å². The van der Waals surface area contributed by atoms with Crippen LogP contribution >= 0.6 is 0 Å². The molecular weight excluding hydrogens is 230 g/mol. The first-order valence-electron chi connectivity index (χ1n) is 5.75. The molecule has 1 aromatic heterocycles. The summed E-state index contributed by atoms with van der Waals surface area (Å²) >= 11 is 0. The minimum atomic E-state index is -0.0625. The van der Waals surface area contributed by atoms with Crippen LogP contribution in [0.25, 0.3) is 5.69 Å². The number of nitrogens with two attached hydrogens (primary N) is 1. The summed E-state index contributed by atoms with van der Waals surface area (Å²) in [5.74, 6) is 0.0796. The number of hydrogen-bond acceptors (Lipinski definition) is 4. The van der Waals surface area contributed by atoms with Gasteiger partial charge in [0.25, 0.3) is 0 Å². The Bertz CT molecular complexity index is 548. The Labute approximate surface area is 104 Å². The number of carbonyl (C=O) groups excluding carboxylic acids is 1. The molecule has 0 spiro atoms. The Morgan fingerprint density at radius 3 is 2.50 bits per heavy atom. The molecule has 1 saturated heterocycles. The highest BCUT2D eigenvalue weighted by Crippen LogP contribution is 2.22. The molecule has 3 rings (SSSR count). The number of benzene rings is 1. The SMILES string of the molecule is NC1CC(=O)N(c2ccc(-n3cncn3)cc2)C1. The summed E-state index contributed by atoms with van der Waals surface area (Å²) < 4.78 is 1.67. The van der Waals surface area contributed by atoms with E-state index in [4.69, 9.17) is 5.73 Å². The van der Waals surface area contributed by atoms with Crippen molar-refractivity contribution < 1.29 is 4.79 Å². The molecular formula is C12H13N5O. The molecule has 18 heavy (non-hydrogen) atoms. The number of aromatic nitrogens is 3. The second-order valence-corrected chi connectivity index (χ2v) is 4.32. The molecule has 1 atom stereocenters. The van der Waals surface area contributed by atoms with Gasteiger partial charge in [-0.25, -0.2) is 9.67 Å². The van der Waals surface area contributed by atoms with E-state index in [0.717, 1.165) is 11.4 Å². The Morgan fingerprint density at radius 1 is 1.22 bits per heavy atom. The predicted octanol–water partition coefficient (Wildman–Crippen LogP) is 0.331. The fourth-order valence-electron chi connectivity index (χ4n) is 2.11. The van der Waals surface area contributed by atoms with Crippen molar-refractivity contribution in [1.82, 2.24) is 14.8 Å². The summed E-state index contributed by atoms with van der Waals surface area (Å²) in [7, 11) is 0. The topological polar surface area (TPSA) is 77.0 Å². The van der Waals surface area contributed by atoms with Gasteiger partial charge in [-0.1, -0.05) is 0 Å². The van der Waals surface area contributed by atoms with E-state index >= 15 is 0 Å². The van der Waals surface area contributed by atoms with E-state index < -0.39 is 0 Å². The largest absolute Gasteiger partial charge is 0.326 e. The van der Waals surface area contributed by atoms with Gasteiger partial charge < -0.3 is 10.6 Å². The van der Waals surface area contributed by atoms with Crippen molar-refractivity contribution >= 4 is 11.6 Å². The van der Waals surface area contributed by atoms with E-state index in [9.17, 15) is 4.79 Å². The third kappa shape index (κ3) is 1.86. The Morgan fingerprint density at radius 2 is 1.94 bits per heavy atom. The molecule has 6 heteroatoms. The Kier molecular flexibility index (Phi) is 2.56. The first-order chi connectivity index (χ1) is 8.74. The molecule has 1 aromatic carbocycles. The summed E-state index contributed by atoms with van der Waals surface area (Å²) in [5, 5.41) is 4.05. The number of rotatable bonds is 2. The minimum Gasteiger partial charge on any atom is -0.326 e. The maximum absolute atomic E-state index is 11.7. The van der Waals surface area contributed by atoms with Gasteiger partial charge in [-0.2, -0.15) is 5.10 Å². The maximum Gasteiger partial charge on any atom is 0.228 e. The molecule has 2 aromatic rings. The van der Waals surface area contributed by atoms with Crippen LogP contribution in [-0.2, 0) is 4.79 Å². The maximum atomic E-state index is 11.7. The molecule has 0 bridgehead atoms. The van der Waals surface area contributed by atoms with E-state index in [1.54, 1.807) is 15.9 Å². The van der Waals surface area contributed by atoms with Crippen molar-refractivity contribution in [2.24, 2.45) is 5.73 Å². The number of carbonyl (C=O) groups is 1. The van der Waals surface area contributed by atoms with Crippen LogP contribution in [0, 0.1) is 0 Å². The van der Waals surface area contributed by atoms with Crippen LogP contribution in [0.4, 0.5) is 5.69 Å². The van der Waals surface area contributed by atoms with Crippen molar-refractivity contribution in [3.05, 3.63) is 36.9 Å². The average Bonchev–Trinajstić information content (AvgIpc) is 2.99. The third-order valence-corrected chi connectivity index (χ3v) is 3.00. The number of amides is 1. The van der Waals surface area contributed by atoms with Gasteiger partial charge in [0.1, 0.15) is 12.7 Å². The van der Waals surface area contributed by atoms with Crippen molar-refractivity contribution in [3.8, 4) is 5.69 Å². The summed E-state index contributed by atoms with van der Waals surface area (Å²) in [4.78, 5) is 17.3. The molecule has 1 unspecified atom stereocenters. The van der Waals surface area contributed by atoms with E-state index in [0.29, 0.717) is 13.0 Å². The van der Waals surface area contributed by atoms with E-state index in [2.05, 4.69) is 10.1 Å². The quantitative estimate of drug-likeness (QED) is 0.824. The zero-order valence-corrected chi connectivity index (χ0v) is 9.73. The monoisotopic (exact) mass is 243 g/mol. The van der Waals surface area contributed by atoms with Gasteiger partial charge in [0.2, 0.25) is 5.91 Å². The standard InChI is InChI=1S/C12H13N5O/c13-9-5-12(18)16(6-9)10-1-3-11(4-2-10)17-8-14-7-15-17/h1-4,7-9H,5-6,13H2. The Balaban J connectivity index is 1.85. The van der Waals surface area contributed by atoms with Crippen molar-refractivity contribution in [3.63, 3.8) is 0 Å². The zero-order valence-electron chi connectivity index (χ0n) is 9.73. The predicted molar refractivity (Wildman–Crippen MR) is 66.3 cm³/mol. The summed E-state index contributed by atoms with van der Waals surface area (Å²) in [6.45, 7) is 0.585. The second-order valence-electron chi connectivity index (χ2n) is 4.32. The molecule has 2 heterocycles. The molecule has 1 aliphatic heterocycles. The number of anilines is 1. The lowest BCUT2D eigenvalue weighted by Gasteiger charge is -2.16. The minimum absolute atomic E-state index is 0.0625.